The van der Waals surface area contributed by atoms with Gasteiger partial charge in [0.15, 0.2) is 18.1 Å². The van der Waals surface area contributed by atoms with Crippen LogP contribution in [0.3, 0.4) is 0 Å². The third-order valence-electron chi connectivity index (χ3n) is 4.58. The average Bonchev–Trinajstić information content (AvgIpc) is 2.76. The summed E-state index contributed by atoms with van der Waals surface area (Å²) in [5.41, 5.74) is 0.737. The van der Waals surface area contributed by atoms with Crippen LogP contribution in [0.5, 0.6) is 11.5 Å². The summed E-state index contributed by atoms with van der Waals surface area (Å²) in [5, 5.41) is 11.2. The minimum Gasteiger partial charge on any atom is -0.493 e. The first-order valence-electron chi connectivity index (χ1n) is 9.59. The summed E-state index contributed by atoms with van der Waals surface area (Å²) in [7, 11) is 1.37. The molecule has 2 aromatic carbocycles. The van der Waals surface area contributed by atoms with Gasteiger partial charge in [-0.15, -0.1) is 6.58 Å². The number of methoxy groups -OCH3 is 1. The van der Waals surface area contributed by atoms with Crippen LogP contribution in [0, 0.1) is 0 Å². The van der Waals surface area contributed by atoms with Gasteiger partial charge in [0.05, 0.1) is 17.8 Å². The van der Waals surface area contributed by atoms with Crippen LogP contribution in [0.25, 0.3) is 6.08 Å². The number of benzene rings is 2. The number of carbonyl (C=O) groups is 4. The van der Waals surface area contributed by atoms with Crippen LogP contribution in [0.15, 0.2) is 54.6 Å². The van der Waals surface area contributed by atoms with Gasteiger partial charge in [0, 0.05) is 5.56 Å². The standard InChI is InChI=1S/C23H19ClN2O7/c1-3-6-14-9-13(11-18(32-2)20(14)33-12-19(27)28)10-15-21(29)25-23(31)26(22(15)30)17-8-5-4-7-16(17)24/h3-5,7-11H,1,6,12H2,2H3,(H,27,28)(H,25,29,31)/b15-10+. The average molecular weight is 471 g/mol. The number of halogens is 1. The Hall–Kier alpha value is -4.11. The van der Waals surface area contributed by atoms with Crippen molar-refractivity contribution in [2.45, 2.75) is 6.42 Å². The van der Waals surface area contributed by atoms with Crippen LogP contribution in [-0.4, -0.2) is 42.6 Å². The highest BCUT2D eigenvalue weighted by molar-refractivity contribution is 6.42. The van der Waals surface area contributed by atoms with Crippen LogP contribution in [0.1, 0.15) is 11.1 Å². The Kier molecular flexibility index (Phi) is 7.14. The number of rotatable bonds is 8. The first-order valence-corrected chi connectivity index (χ1v) is 9.97. The van der Waals surface area contributed by atoms with Crippen LogP contribution < -0.4 is 19.7 Å². The van der Waals surface area contributed by atoms with Gasteiger partial charge in [-0.3, -0.25) is 14.9 Å². The molecule has 1 aliphatic rings. The van der Waals surface area contributed by atoms with Gasteiger partial charge in [0.25, 0.3) is 11.8 Å². The number of nitrogens with one attached hydrogen (secondary N) is 1. The Labute approximate surface area is 193 Å². The quantitative estimate of drug-likeness (QED) is 0.345. The summed E-state index contributed by atoms with van der Waals surface area (Å²) >= 11 is 6.14. The molecule has 1 fully saturated rings. The number of carboxylic acid groups (broad SMARTS) is 1. The highest BCUT2D eigenvalue weighted by Gasteiger charge is 2.37. The molecule has 0 spiro atoms. The Bertz CT molecular complexity index is 1190. The molecule has 0 aliphatic carbocycles. The molecule has 33 heavy (non-hydrogen) atoms. The van der Waals surface area contributed by atoms with Crippen LogP contribution in [-0.2, 0) is 20.8 Å². The third kappa shape index (κ3) is 5.04. The lowest BCUT2D eigenvalue weighted by atomic mass is 10.0. The minimum atomic E-state index is -1.17. The number of carbonyl (C=O) groups excluding carboxylic acids is 3. The highest BCUT2D eigenvalue weighted by Crippen LogP contribution is 2.35. The van der Waals surface area contributed by atoms with E-state index in [0.29, 0.717) is 17.5 Å². The fourth-order valence-corrected chi connectivity index (χ4v) is 3.42. The smallest absolute Gasteiger partial charge is 0.341 e. The summed E-state index contributed by atoms with van der Waals surface area (Å²) in [4.78, 5) is 49.6. The highest BCUT2D eigenvalue weighted by atomic mass is 35.5. The van der Waals surface area contributed by atoms with Crippen molar-refractivity contribution in [3.8, 4) is 11.5 Å². The lowest BCUT2D eigenvalue weighted by Gasteiger charge is -2.27. The first-order chi connectivity index (χ1) is 15.8. The maximum atomic E-state index is 13.1. The van der Waals surface area contributed by atoms with E-state index in [0.717, 1.165) is 4.90 Å². The number of hydrogen-bond acceptors (Lipinski definition) is 6. The summed E-state index contributed by atoms with van der Waals surface area (Å²) < 4.78 is 10.7. The fourth-order valence-electron chi connectivity index (χ4n) is 3.20. The van der Waals surface area contributed by atoms with Crippen molar-refractivity contribution in [2.24, 2.45) is 0 Å². The number of carboxylic acids is 1. The third-order valence-corrected chi connectivity index (χ3v) is 4.90. The minimum absolute atomic E-state index is 0.127. The van der Waals surface area contributed by atoms with Gasteiger partial charge in [0.2, 0.25) is 0 Å². The predicted molar refractivity (Wildman–Crippen MR) is 120 cm³/mol. The summed E-state index contributed by atoms with van der Waals surface area (Å²) in [5.74, 6) is -2.49. The van der Waals surface area contributed by atoms with Crippen LogP contribution in [0.2, 0.25) is 5.02 Å². The fraction of sp³-hybridized carbons (Fsp3) is 0.130. The molecule has 9 nitrogen and oxygen atoms in total. The maximum absolute atomic E-state index is 13.1. The lowest BCUT2D eigenvalue weighted by Crippen LogP contribution is -2.54. The van der Waals surface area contributed by atoms with Gasteiger partial charge in [-0.1, -0.05) is 29.8 Å². The van der Waals surface area contributed by atoms with Crippen molar-refractivity contribution >= 4 is 47.2 Å². The van der Waals surface area contributed by atoms with Crippen molar-refractivity contribution in [1.82, 2.24) is 5.32 Å². The van der Waals surface area contributed by atoms with E-state index in [9.17, 15) is 19.2 Å². The van der Waals surface area contributed by atoms with Crippen molar-refractivity contribution in [2.75, 3.05) is 18.6 Å². The second-order valence-corrected chi connectivity index (χ2v) is 7.20. The van der Waals surface area contributed by atoms with Crippen LogP contribution >= 0.6 is 11.6 Å². The zero-order valence-electron chi connectivity index (χ0n) is 17.5. The van der Waals surface area contributed by atoms with Gasteiger partial charge in [0.1, 0.15) is 5.57 Å². The normalized spacial score (nSPS) is 14.8. The molecule has 0 atom stereocenters. The van der Waals surface area contributed by atoms with E-state index in [2.05, 4.69) is 11.9 Å². The van der Waals surface area contributed by atoms with Crippen LogP contribution in [0.4, 0.5) is 10.5 Å². The van der Waals surface area contributed by atoms with Crippen molar-refractivity contribution in [3.05, 3.63) is 70.8 Å². The largest absolute Gasteiger partial charge is 0.493 e. The van der Waals surface area contributed by atoms with Gasteiger partial charge in [-0.25, -0.2) is 14.5 Å². The molecule has 2 aromatic rings. The van der Waals surface area contributed by atoms with E-state index >= 15 is 0 Å². The number of barbiturate groups is 1. The number of anilines is 1. The number of amides is 4. The maximum Gasteiger partial charge on any atom is 0.341 e. The Morgan fingerprint density at radius 1 is 1.24 bits per heavy atom. The molecule has 2 N–H and O–H groups in total. The summed E-state index contributed by atoms with van der Waals surface area (Å²) in [6, 6.07) is 8.40. The first kappa shape index (κ1) is 23.6. The van der Waals surface area contributed by atoms with E-state index in [1.54, 1.807) is 24.3 Å². The van der Waals surface area contributed by atoms with E-state index < -0.39 is 30.4 Å². The molecule has 0 saturated carbocycles. The van der Waals surface area contributed by atoms with E-state index in [-0.39, 0.29) is 27.8 Å². The number of hydrogen-bond donors (Lipinski definition) is 2. The van der Waals surface area contributed by atoms with Gasteiger partial charge in [-0.05, 0) is 42.3 Å². The summed E-state index contributed by atoms with van der Waals surface area (Å²) in [6.45, 7) is 3.09. The van der Waals surface area contributed by atoms with Crippen molar-refractivity contribution in [3.63, 3.8) is 0 Å². The Morgan fingerprint density at radius 2 is 1.97 bits per heavy atom. The topological polar surface area (TPSA) is 122 Å². The number of para-hydroxylation sites is 1. The molecule has 1 aliphatic heterocycles. The lowest BCUT2D eigenvalue weighted by molar-refractivity contribution is -0.139. The monoisotopic (exact) mass is 470 g/mol. The zero-order valence-corrected chi connectivity index (χ0v) is 18.2. The number of ether oxygens (including phenoxy) is 2. The predicted octanol–water partition coefficient (Wildman–Crippen LogP) is 3.21. The molecule has 4 amide bonds. The molecule has 0 unspecified atom stereocenters. The number of imide groups is 2. The Morgan fingerprint density at radius 3 is 2.61 bits per heavy atom. The second kappa shape index (κ2) is 10.0. The summed E-state index contributed by atoms with van der Waals surface area (Å²) in [6.07, 6.45) is 3.17. The van der Waals surface area contributed by atoms with Gasteiger partial charge >= 0.3 is 12.0 Å². The van der Waals surface area contributed by atoms with Crippen molar-refractivity contribution in [1.29, 1.82) is 0 Å². The van der Waals surface area contributed by atoms with E-state index in [1.807, 2.05) is 0 Å². The van der Waals surface area contributed by atoms with E-state index in [4.69, 9.17) is 26.2 Å². The molecule has 10 heteroatoms. The molecule has 3 rings (SSSR count). The van der Waals surface area contributed by atoms with E-state index in [1.165, 1.54) is 31.4 Å². The second-order valence-electron chi connectivity index (χ2n) is 6.80. The van der Waals surface area contributed by atoms with Gasteiger partial charge < -0.3 is 14.6 Å². The number of urea groups is 1. The SMILES string of the molecule is C=CCc1cc(/C=C2\C(=O)NC(=O)N(c3ccccc3Cl)C2=O)cc(OC)c1OCC(=O)O. The zero-order chi connectivity index (χ0) is 24.1. The molecule has 0 aromatic heterocycles. The number of allylic oxidation sites excluding steroid dienone is 1. The molecule has 0 radical (unpaired) electrons. The molecular formula is C23H19ClN2O7. The molecule has 0 bridgehead atoms. The molecule has 170 valence electrons. The molecule has 1 heterocycles. The number of nitrogens with zero attached hydrogens (tertiary/aromatic N) is 1. The van der Waals surface area contributed by atoms with Gasteiger partial charge in [-0.2, -0.15) is 0 Å². The Balaban J connectivity index is 2.07. The molecule has 1 saturated heterocycles. The van der Waals surface area contributed by atoms with Crippen molar-refractivity contribution < 1.29 is 33.8 Å². The molecular weight excluding hydrogens is 452 g/mol. The number of aliphatic carboxylic acids is 1.